The number of hydrogen-bond acceptors (Lipinski definition) is 2. The summed E-state index contributed by atoms with van der Waals surface area (Å²) in [7, 11) is 0. The zero-order chi connectivity index (χ0) is 10.0. The summed E-state index contributed by atoms with van der Waals surface area (Å²) in [6.07, 6.45) is -1.16. The molecule has 0 atom stereocenters. The smallest absolute Gasteiger partial charge is 0.281 e. The van der Waals surface area contributed by atoms with E-state index in [4.69, 9.17) is 11.6 Å². The highest BCUT2D eigenvalue weighted by Gasteiger charge is 2.17. The van der Waals surface area contributed by atoms with Gasteiger partial charge in [-0.3, -0.25) is 9.78 Å². The van der Waals surface area contributed by atoms with Gasteiger partial charge in [-0.1, -0.05) is 11.6 Å². The van der Waals surface area contributed by atoms with E-state index >= 15 is 0 Å². The summed E-state index contributed by atoms with van der Waals surface area (Å²) in [5, 5.41) is 0.0286. The van der Waals surface area contributed by atoms with Crippen LogP contribution in [-0.4, -0.2) is 11.3 Å². The number of rotatable bonds is 2. The van der Waals surface area contributed by atoms with Crippen LogP contribution >= 0.6 is 34.2 Å². The summed E-state index contributed by atoms with van der Waals surface area (Å²) in [5.41, 5.74) is -0.272. The Hall–Kier alpha value is -0.300. The van der Waals surface area contributed by atoms with E-state index in [2.05, 4.69) is 4.98 Å². The first-order valence-electron chi connectivity index (χ1n) is 3.15. The van der Waals surface area contributed by atoms with Gasteiger partial charge in [-0.2, -0.15) is 0 Å². The third-order valence-corrected chi connectivity index (χ3v) is 3.17. The molecule has 13 heavy (non-hydrogen) atoms. The van der Waals surface area contributed by atoms with Crippen LogP contribution in [0.15, 0.2) is 6.20 Å². The number of carbonyl (C=O) groups is 1. The van der Waals surface area contributed by atoms with Gasteiger partial charge >= 0.3 is 0 Å². The Balaban J connectivity index is 3.31. The van der Waals surface area contributed by atoms with E-state index in [9.17, 15) is 13.6 Å². The van der Waals surface area contributed by atoms with E-state index < -0.39 is 12.1 Å². The topological polar surface area (TPSA) is 30.0 Å². The molecule has 1 aromatic heterocycles. The van der Waals surface area contributed by atoms with Crippen LogP contribution in [-0.2, 0) is 0 Å². The van der Waals surface area contributed by atoms with Crippen molar-refractivity contribution in [3.05, 3.63) is 26.0 Å². The Morgan fingerprint density at radius 1 is 1.62 bits per heavy atom. The van der Waals surface area contributed by atoms with Crippen molar-refractivity contribution in [1.82, 2.24) is 4.98 Å². The van der Waals surface area contributed by atoms with Gasteiger partial charge in [0.1, 0.15) is 5.69 Å². The first-order valence-corrected chi connectivity index (χ1v) is 4.60. The number of carbonyl (C=O) groups excluding carboxylic acids is 1. The summed E-state index contributed by atoms with van der Waals surface area (Å²) in [6.45, 7) is 0. The fourth-order valence-electron chi connectivity index (χ4n) is 0.726. The van der Waals surface area contributed by atoms with Crippen LogP contribution in [0.5, 0.6) is 0 Å². The Bertz CT molecular complexity index is 346. The van der Waals surface area contributed by atoms with Crippen molar-refractivity contribution in [2.75, 3.05) is 0 Å². The standard InChI is InChI=1S/C7H3ClF2INO/c8-4-3(2-13)1-12-6(5(4)11)7(9)10/h1-2,7H. The van der Waals surface area contributed by atoms with Gasteiger partial charge in [0.15, 0.2) is 6.29 Å². The van der Waals surface area contributed by atoms with E-state index in [0.717, 1.165) is 6.20 Å². The van der Waals surface area contributed by atoms with Crippen molar-refractivity contribution in [3.8, 4) is 0 Å². The molecule has 2 nitrogen and oxygen atoms in total. The summed E-state index contributed by atoms with van der Waals surface area (Å²) >= 11 is 7.27. The molecule has 0 fully saturated rings. The zero-order valence-electron chi connectivity index (χ0n) is 6.10. The molecule has 0 aliphatic heterocycles. The van der Waals surface area contributed by atoms with E-state index in [1.807, 2.05) is 0 Å². The normalized spacial score (nSPS) is 10.5. The van der Waals surface area contributed by atoms with Gasteiger partial charge in [0.25, 0.3) is 6.43 Å². The van der Waals surface area contributed by atoms with E-state index in [0.29, 0.717) is 6.29 Å². The number of aromatic nitrogens is 1. The largest absolute Gasteiger partial charge is 0.298 e. The van der Waals surface area contributed by atoms with Gasteiger partial charge < -0.3 is 0 Å². The monoisotopic (exact) mass is 317 g/mol. The van der Waals surface area contributed by atoms with Crippen molar-refractivity contribution in [2.45, 2.75) is 6.43 Å². The molecule has 1 rings (SSSR count). The maximum atomic E-state index is 12.2. The molecule has 0 bridgehead atoms. The highest BCUT2D eigenvalue weighted by atomic mass is 127. The highest BCUT2D eigenvalue weighted by molar-refractivity contribution is 14.1. The van der Waals surface area contributed by atoms with Crippen molar-refractivity contribution >= 4 is 40.5 Å². The summed E-state index contributed by atoms with van der Waals surface area (Å²) < 4.78 is 24.6. The van der Waals surface area contributed by atoms with Gasteiger partial charge in [0.05, 0.1) is 14.2 Å². The number of aldehydes is 1. The van der Waals surface area contributed by atoms with Crippen LogP contribution in [0.1, 0.15) is 22.5 Å². The third kappa shape index (κ3) is 2.14. The van der Waals surface area contributed by atoms with Crippen LogP contribution in [0.2, 0.25) is 5.02 Å². The summed E-state index contributed by atoms with van der Waals surface area (Å²) in [5.74, 6) is 0. The number of hydrogen-bond donors (Lipinski definition) is 0. The predicted octanol–water partition coefficient (Wildman–Crippen LogP) is 3.09. The first-order chi connectivity index (χ1) is 6.07. The quantitative estimate of drug-likeness (QED) is 0.620. The van der Waals surface area contributed by atoms with Crippen molar-refractivity contribution in [1.29, 1.82) is 0 Å². The molecule has 0 unspecified atom stereocenters. The van der Waals surface area contributed by atoms with Gasteiger partial charge in [-0.15, -0.1) is 0 Å². The summed E-state index contributed by atoms with van der Waals surface area (Å²) in [6, 6.07) is 0. The molecule has 0 N–H and O–H groups in total. The van der Waals surface area contributed by atoms with Crippen molar-refractivity contribution < 1.29 is 13.6 Å². The lowest BCUT2D eigenvalue weighted by atomic mass is 10.3. The summed E-state index contributed by atoms with van der Waals surface area (Å²) in [4.78, 5) is 13.8. The van der Waals surface area contributed by atoms with Crippen molar-refractivity contribution in [3.63, 3.8) is 0 Å². The Kier molecular flexibility index (Phi) is 3.55. The lowest BCUT2D eigenvalue weighted by Crippen LogP contribution is -1.98. The van der Waals surface area contributed by atoms with Crippen molar-refractivity contribution in [2.24, 2.45) is 0 Å². The average molecular weight is 317 g/mol. The molecule has 0 saturated heterocycles. The molecule has 1 heterocycles. The Morgan fingerprint density at radius 2 is 2.23 bits per heavy atom. The second kappa shape index (κ2) is 4.28. The second-order valence-corrected chi connectivity index (χ2v) is 3.60. The van der Waals surface area contributed by atoms with Crippen LogP contribution in [0.4, 0.5) is 8.78 Å². The molecule has 0 spiro atoms. The minimum absolute atomic E-state index is 0.0286. The lowest BCUT2D eigenvalue weighted by Gasteiger charge is -2.04. The Morgan fingerprint density at radius 3 is 2.69 bits per heavy atom. The van der Waals surface area contributed by atoms with Crippen LogP contribution in [0.3, 0.4) is 0 Å². The molecule has 0 radical (unpaired) electrons. The van der Waals surface area contributed by atoms with Crippen LogP contribution in [0, 0.1) is 3.57 Å². The molecule has 0 saturated carbocycles. The van der Waals surface area contributed by atoms with Gasteiger partial charge in [0.2, 0.25) is 0 Å². The van der Waals surface area contributed by atoms with E-state index in [-0.39, 0.29) is 14.2 Å². The number of halogens is 4. The molecule has 0 aliphatic rings. The van der Waals surface area contributed by atoms with Crippen LogP contribution < -0.4 is 0 Å². The predicted molar refractivity (Wildman–Crippen MR) is 52.3 cm³/mol. The fourth-order valence-corrected chi connectivity index (χ4v) is 1.60. The second-order valence-electron chi connectivity index (χ2n) is 2.15. The third-order valence-electron chi connectivity index (χ3n) is 1.35. The first kappa shape index (κ1) is 10.8. The average Bonchev–Trinajstić information content (AvgIpc) is 2.09. The minimum atomic E-state index is -2.68. The molecular formula is C7H3ClF2INO. The minimum Gasteiger partial charge on any atom is -0.298 e. The van der Waals surface area contributed by atoms with E-state index in [1.54, 1.807) is 22.6 Å². The van der Waals surface area contributed by atoms with Gasteiger partial charge in [0, 0.05) is 6.20 Å². The molecule has 6 heteroatoms. The molecular weight excluding hydrogens is 314 g/mol. The lowest BCUT2D eigenvalue weighted by molar-refractivity contribution is 0.112. The van der Waals surface area contributed by atoms with E-state index in [1.165, 1.54) is 0 Å². The maximum Gasteiger partial charge on any atom is 0.281 e. The van der Waals surface area contributed by atoms with Crippen LogP contribution in [0.25, 0.3) is 0 Å². The maximum absolute atomic E-state index is 12.2. The fraction of sp³-hybridized carbons (Fsp3) is 0.143. The highest BCUT2D eigenvalue weighted by Crippen LogP contribution is 2.29. The molecule has 0 amide bonds. The molecule has 1 aromatic rings. The zero-order valence-corrected chi connectivity index (χ0v) is 9.01. The number of nitrogens with zero attached hydrogens (tertiary/aromatic N) is 1. The van der Waals surface area contributed by atoms with Gasteiger partial charge in [-0.25, -0.2) is 8.78 Å². The number of pyridine rings is 1. The molecule has 0 aromatic carbocycles. The molecule has 0 aliphatic carbocycles. The molecule has 70 valence electrons. The Labute approximate surface area is 91.4 Å². The van der Waals surface area contributed by atoms with Gasteiger partial charge in [-0.05, 0) is 22.6 Å². The SMILES string of the molecule is O=Cc1cnc(C(F)F)c(I)c1Cl. The number of alkyl halides is 2.